The Hall–Kier alpha value is -3.62. The van der Waals surface area contributed by atoms with Crippen molar-refractivity contribution in [2.45, 2.75) is 71.8 Å². The summed E-state index contributed by atoms with van der Waals surface area (Å²) >= 11 is 0. The number of esters is 1. The second-order valence-electron chi connectivity index (χ2n) is 11.2. The first-order valence-electron chi connectivity index (χ1n) is 12.3. The van der Waals surface area contributed by atoms with Crippen molar-refractivity contribution in [1.29, 1.82) is 0 Å². The highest BCUT2D eigenvalue weighted by molar-refractivity contribution is 5.91. The molecule has 0 radical (unpaired) electrons. The maximum Gasteiger partial charge on any atom is 0.408 e. The molecule has 1 unspecified atom stereocenters. The zero-order valence-corrected chi connectivity index (χ0v) is 22.6. The van der Waals surface area contributed by atoms with E-state index in [0.717, 1.165) is 11.1 Å². The summed E-state index contributed by atoms with van der Waals surface area (Å²) in [6, 6.07) is 9.89. The van der Waals surface area contributed by atoms with Crippen molar-refractivity contribution < 1.29 is 28.6 Å². The highest BCUT2D eigenvalue weighted by Gasteiger charge is 2.46. The lowest BCUT2D eigenvalue weighted by molar-refractivity contribution is -0.152. The molecule has 1 aliphatic heterocycles. The quantitative estimate of drug-likeness (QED) is 0.579. The van der Waals surface area contributed by atoms with Crippen molar-refractivity contribution in [3.8, 4) is 16.9 Å². The standard InChI is InChI=1S/C28H37N3O6/c1-27(2,3)23(30-26(34)37-28(4,5)6)24(32)31-17-21(14-22(31)25(33)35-7)36-20-13-19(15-29-16-20)18-11-9-8-10-12-18/h8-13,15-16,21-23H,14,17H2,1-7H3,(H,30,34)/t21-,22+,23?/m1/s1. The summed E-state index contributed by atoms with van der Waals surface area (Å²) in [6.45, 7) is 10.9. The van der Waals surface area contributed by atoms with Gasteiger partial charge in [-0.25, -0.2) is 9.59 Å². The minimum atomic E-state index is -0.934. The number of carbonyl (C=O) groups is 3. The summed E-state index contributed by atoms with van der Waals surface area (Å²) in [7, 11) is 1.28. The van der Waals surface area contributed by atoms with Gasteiger partial charge in [-0.1, -0.05) is 51.1 Å². The number of carbonyl (C=O) groups excluding carboxylic acids is 3. The van der Waals surface area contributed by atoms with E-state index >= 15 is 0 Å². The Bertz CT molecular complexity index is 1110. The average molecular weight is 512 g/mol. The summed E-state index contributed by atoms with van der Waals surface area (Å²) in [5, 5.41) is 2.70. The van der Waals surface area contributed by atoms with Crippen LogP contribution >= 0.6 is 0 Å². The molecule has 0 bridgehead atoms. The van der Waals surface area contributed by atoms with E-state index < -0.39 is 47.2 Å². The fraction of sp³-hybridized carbons (Fsp3) is 0.500. The van der Waals surface area contributed by atoms with Crippen molar-refractivity contribution in [1.82, 2.24) is 15.2 Å². The predicted octanol–water partition coefficient (Wildman–Crippen LogP) is 4.21. The molecule has 1 aromatic carbocycles. The third-order valence-electron chi connectivity index (χ3n) is 5.92. The Balaban J connectivity index is 1.81. The number of benzene rings is 1. The van der Waals surface area contributed by atoms with Crippen molar-refractivity contribution in [2.24, 2.45) is 5.41 Å². The number of rotatable bonds is 6. The largest absolute Gasteiger partial charge is 0.487 e. The van der Waals surface area contributed by atoms with Crippen LogP contribution in [0.25, 0.3) is 11.1 Å². The number of ether oxygens (including phenoxy) is 3. The molecule has 9 heteroatoms. The summed E-state index contributed by atoms with van der Waals surface area (Å²) in [6.07, 6.45) is 2.43. The molecule has 3 rings (SSSR count). The van der Waals surface area contributed by atoms with Gasteiger partial charge >= 0.3 is 12.1 Å². The molecule has 0 aliphatic carbocycles. The topological polar surface area (TPSA) is 107 Å². The van der Waals surface area contributed by atoms with Crippen molar-refractivity contribution in [3.05, 3.63) is 48.8 Å². The molecule has 1 N–H and O–H groups in total. The lowest BCUT2D eigenvalue weighted by atomic mass is 9.85. The van der Waals surface area contributed by atoms with E-state index in [1.165, 1.54) is 12.0 Å². The van der Waals surface area contributed by atoms with Gasteiger partial charge in [0.25, 0.3) is 0 Å². The first-order valence-corrected chi connectivity index (χ1v) is 12.3. The first-order chi connectivity index (χ1) is 17.3. The molecule has 37 heavy (non-hydrogen) atoms. The van der Waals surface area contributed by atoms with Crippen LogP contribution in [-0.2, 0) is 19.1 Å². The van der Waals surface area contributed by atoms with Gasteiger partial charge in [-0.3, -0.25) is 9.78 Å². The third kappa shape index (κ3) is 7.44. The van der Waals surface area contributed by atoms with Crippen molar-refractivity contribution >= 4 is 18.0 Å². The van der Waals surface area contributed by atoms with Crippen molar-refractivity contribution in [2.75, 3.05) is 13.7 Å². The van der Waals surface area contributed by atoms with Crippen LogP contribution in [0.15, 0.2) is 48.8 Å². The number of methoxy groups -OCH3 is 1. The molecule has 1 aromatic heterocycles. The Morgan fingerprint density at radius 3 is 2.30 bits per heavy atom. The van der Waals surface area contributed by atoms with E-state index in [1.54, 1.807) is 33.2 Å². The third-order valence-corrected chi connectivity index (χ3v) is 5.92. The molecule has 200 valence electrons. The van der Waals surface area contributed by atoms with Gasteiger partial charge < -0.3 is 24.4 Å². The van der Waals surface area contributed by atoms with Crippen LogP contribution in [-0.4, -0.2) is 65.3 Å². The zero-order chi connectivity index (χ0) is 27.4. The molecule has 3 atom stereocenters. The second-order valence-corrected chi connectivity index (χ2v) is 11.2. The SMILES string of the molecule is COC(=O)[C@@H]1C[C@@H](Oc2cncc(-c3ccccc3)c2)CN1C(=O)C(NC(=O)OC(C)(C)C)C(C)(C)C. The monoisotopic (exact) mass is 511 g/mol. The molecule has 9 nitrogen and oxygen atoms in total. The van der Waals surface area contributed by atoms with Crippen LogP contribution in [0.3, 0.4) is 0 Å². The van der Waals surface area contributed by atoms with E-state index in [2.05, 4.69) is 10.3 Å². The van der Waals surface area contributed by atoms with E-state index in [4.69, 9.17) is 14.2 Å². The lowest BCUT2D eigenvalue weighted by Gasteiger charge is -2.35. The first kappa shape index (κ1) is 28.0. The number of amides is 2. The number of likely N-dealkylation sites (tertiary alicyclic amines) is 1. The predicted molar refractivity (Wildman–Crippen MR) is 139 cm³/mol. The molecule has 2 amide bonds. The van der Waals surface area contributed by atoms with E-state index in [9.17, 15) is 14.4 Å². The van der Waals surface area contributed by atoms with Crippen molar-refractivity contribution in [3.63, 3.8) is 0 Å². The van der Waals surface area contributed by atoms with Gasteiger partial charge in [-0.15, -0.1) is 0 Å². The minimum Gasteiger partial charge on any atom is -0.487 e. The number of alkyl carbamates (subject to hydrolysis) is 1. The normalized spacial score (nSPS) is 18.6. The zero-order valence-electron chi connectivity index (χ0n) is 22.6. The molecule has 1 fully saturated rings. The molecule has 1 aliphatic rings. The van der Waals surface area contributed by atoms with Gasteiger partial charge in [-0.2, -0.15) is 0 Å². The molecule has 0 spiro atoms. The number of pyridine rings is 1. The van der Waals surface area contributed by atoms with Gasteiger partial charge in [0.05, 0.1) is 19.9 Å². The molecule has 2 heterocycles. The van der Waals surface area contributed by atoms with Crippen LogP contribution in [0.2, 0.25) is 0 Å². The van der Waals surface area contributed by atoms with Gasteiger partial charge in [0, 0.05) is 18.2 Å². The maximum atomic E-state index is 13.7. The van der Waals surface area contributed by atoms with E-state index in [0.29, 0.717) is 5.75 Å². The Morgan fingerprint density at radius 2 is 1.70 bits per heavy atom. The van der Waals surface area contributed by atoms with Gasteiger partial charge in [0.1, 0.15) is 29.5 Å². The molecular weight excluding hydrogens is 474 g/mol. The van der Waals surface area contributed by atoms with Crippen LogP contribution in [0.1, 0.15) is 48.0 Å². The fourth-order valence-corrected chi connectivity index (χ4v) is 4.19. The fourth-order valence-electron chi connectivity index (χ4n) is 4.19. The number of aromatic nitrogens is 1. The maximum absolute atomic E-state index is 13.7. The van der Waals surface area contributed by atoms with Crippen LogP contribution in [0.4, 0.5) is 4.79 Å². The number of nitrogens with zero attached hydrogens (tertiary/aromatic N) is 2. The molecule has 0 saturated carbocycles. The minimum absolute atomic E-state index is 0.150. The number of nitrogens with one attached hydrogen (secondary N) is 1. The Kier molecular flexibility index (Phi) is 8.46. The smallest absolute Gasteiger partial charge is 0.408 e. The van der Waals surface area contributed by atoms with Crippen LogP contribution in [0.5, 0.6) is 5.75 Å². The second kappa shape index (κ2) is 11.2. The van der Waals surface area contributed by atoms with Gasteiger partial charge in [-0.05, 0) is 37.8 Å². The van der Waals surface area contributed by atoms with Gasteiger partial charge in [0.2, 0.25) is 5.91 Å². The molecule has 2 aromatic rings. The number of hydrogen-bond acceptors (Lipinski definition) is 7. The summed E-state index contributed by atoms with van der Waals surface area (Å²) in [4.78, 5) is 44.6. The highest BCUT2D eigenvalue weighted by atomic mass is 16.6. The van der Waals surface area contributed by atoms with Gasteiger partial charge in [0.15, 0.2) is 0 Å². The Morgan fingerprint density at radius 1 is 1.03 bits per heavy atom. The lowest BCUT2D eigenvalue weighted by Crippen LogP contribution is -2.57. The Labute approximate surface area is 218 Å². The highest BCUT2D eigenvalue weighted by Crippen LogP contribution is 2.30. The van der Waals surface area contributed by atoms with Crippen LogP contribution < -0.4 is 10.1 Å². The van der Waals surface area contributed by atoms with E-state index in [-0.39, 0.29) is 13.0 Å². The average Bonchev–Trinajstić information content (AvgIpc) is 3.24. The van der Waals surface area contributed by atoms with E-state index in [1.807, 2.05) is 57.2 Å². The van der Waals surface area contributed by atoms with Crippen LogP contribution in [0, 0.1) is 5.41 Å². The molecule has 1 saturated heterocycles. The molecular formula is C28H37N3O6. The summed E-state index contributed by atoms with van der Waals surface area (Å²) in [5.41, 5.74) is 0.515. The number of hydrogen-bond donors (Lipinski definition) is 1. The summed E-state index contributed by atoms with van der Waals surface area (Å²) in [5.74, 6) is -0.417. The summed E-state index contributed by atoms with van der Waals surface area (Å²) < 4.78 is 16.5.